The highest BCUT2D eigenvalue weighted by Gasteiger charge is 2.25. The first kappa shape index (κ1) is 45.2. The number of amides is 1. The van der Waals surface area contributed by atoms with E-state index in [2.05, 4.69) is 73.0 Å². The van der Waals surface area contributed by atoms with Crippen LogP contribution in [0.15, 0.2) is 151 Å². The maximum atomic E-state index is 15.4. The van der Waals surface area contributed by atoms with Crippen molar-refractivity contribution in [3.8, 4) is 0 Å². The van der Waals surface area contributed by atoms with Gasteiger partial charge in [0.2, 0.25) is 0 Å². The maximum Gasteiger partial charge on any atom is 0.332 e. The van der Waals surface area contributed by atoms with Crippen molar-refractivity contribution in [3.05, 3.63) is 173 Å². The van der Waals surface area contributed by atoms with Gasteiger partial charge in [0.1, 0.15) is 5.71 Å². The molecule has 0 aliphatic rings. The van der Waals surface area contributed by atoms with Gasteiger partial charge in [0.05, 0.1) is 11.4 Å². The average molecular weight is 827 g/mol. The van der Waals surface area contributed by atoms with Crippen LogP contribution in [0.2, 0.25) is 0 Å². The van der Waals surface area contributed by atoms with Gasteiger partial charge in [0.25, 0.3) is 5.91 Å². The smallest absolute Gasteiger partial charge is 0.332 e. The number of carbonyl (C=O) groups is 2. The van der Waals surface area contributed by atoms with Gasteiger partial charge in [-0.15, -0.1) is 0 Å². The first-order valence-electron chi connectivity index (χ1n) is 22.5. The van der Waals surface area contributed by atoms with Crippen molar-refractivity contribution < 1.29 is 14.4 Å². The summed E-state index contributed by atoms with van der Waals surface area (Å²) in [5.41, 5.74) is 6.96. The number of anilines is 3. The molecule has 0 spiro atoms. The molecule has 0 saturated carbocycles. The minimum atomic E-state index is -0.536. The molecule has 0 heterocycles. The number of rotatable bonds is 21. The number of nitrogens with one attached hydrogen (secondary N) is 1. The normalized spacial score (nSPS) is 12.4. The Hall–Kier alpha value is -6.34. The Kier molecular flexibility index (Phi) is 16.4. The van der Waals surface area contributed by atoms with Crippen LogP contribution in [0.5, 0.6) is 0 Å². The predicted octanol–water partition coefficient (Wildman–Crippen LogP) is 13.9. The SMILES string of the molecule is CCCCC(CC)CN(CCC(CC)CCC)C(=O)c1cc(/C(=N\OC(C)=O)c2ccccc2)cc(N(c2ccc(C(=N)c3ccccc3)cc2)c2cccc3ccccc23)c1. The Labute approximate surface area is 368 Å². The van der Waals surface area contributed by atoms with Crippen LogP contribution < -0.4 is 4.90 Å². The number of hydrogen-bond donors (Lipinski definition) is 1. The Morgan fingerprint density at radius 1 is 0.613 bits per heavy atom. The van der Waals surface area contributed by atoms with Crippen molar-refractivity contribution >= 4 is 51.1 Å². The lowest BCUT2D eigenvalue weighted by molar-refractivity contribution is -0.140. The summed E-state index contributed by atoms with van der Waals surface area (Å²) in [6.45, 7) is 11.7. The molecule has 0 saturated heterocycles. The summed E-state index contributed by atoms with van der Waals surface area (Å²) < 4.78 is 0. The fraction of sp³-hybridized carbons (Fsp3) is 0.309. The second-order valence-corrected chi connectivity index (χ2v) is 16.3. The van der Waals surface area contributed by atoms with Crippen molar-refractivity contribution in [2.24, 2.45) is 17.0 Å². The van der Waals surface area contributed by atoms with Gasteiger partial charge in [0.15, 0.2) is 0 Å². The van der Waals surface area contributed by atoms with E-state index in [-0.39, 0.29) is 5.91 Å². The molecule has 6 aromatic carbocycles. The lowest BCUT2D eigenvalue weighted by Crippen LogP contribution is -2.37. The van der Waals surface area contributed by atoms with E-state index in [9.17, 15) is 4.79 Å². The zero-order valence-electron chi connectivity index (χ0n) is 37.1. The molecule has 1 N–H and O–H groups in total. The third kappa shape index (κ3) is 11.5. The van der Waals surface area contributed by atoms with Crippen molar-refractivity contribution in [1.29, 1.82) is 5.41 Å². The van der Waals surface area contributed by atoms with Crippen LogP contribution in [0.25, 0.3) is 10.8 Å². The second-order valence-electron chi connectivity index (χ2n) is 16.3. The highest BCUT2D eigenvalue weighted by Crippen LogP contribution is 2.40. The summed E-state index contributed by atoms with van der Waals surface area (Å²) in [4.78, 5) is 37.3. The highest BCUT2D eigenvalue weighted by molar-refractivity contribution is 6.15. The van der Waals surface area contributed by atoms with Crippen LogP contribution in [0.4, 0.5) is 17.1 Å². The second kappa shape index (κ2) is 22.5. The quantitative estimate of drug-likeness (QED) is 0.0445. The van der Waals surface area contributed by atoms with Crippen molar-refractivity contribution in [3.63, 3.8) is 0 Å². The van der Waals surface area contributed by atoms with Gasteiger partial charge in [-0.25, -0.2) is 4.79 Å². The van der Waals surface area contributed by atoms with E-state index in [0.29, 0.717) is 47.5 Å². The van der Waals surface area contributed by atoms with Gasteiger partial charge < -0.3 is 14.6 Å². The minimum Gasteiger partial charge on any atom is -0.338 e. The Balaban J connectivity index is 1.57. The average Bonchev–Trinajstić information content (AvgIpc) is 3.31. The molecule has 6 aromatic rings. The number of carbonyl (C=O) groups excluding carboxylic acids is 2. The van der Waals surface area contributed by atoms with Gasteiger partial charge in [-0.2, -0.15) is 0 Å². The lowest BCUT2D eigenvalue weighted by Gasteiger charge is -2.31. The van der Waals surface area contributed by atoms with E-state index in [1.54, 1.807) is 0 Å². The Bertz CT molecular complexity index is 2420. The molecule has 0 bridgehead atoms. The third-order valence-corrected chi connectivity index (χ3v) is 11.9. The lowest BCUT2D eigenvalue weighted by atomic mass is 9.94. The molecular weight excluding hydrogens is 765 g/mol. The first-order chi connectivity index (χ1) is 30.2. The molecule has 320 valence electrons. The van der Waals surface area contributed by atoms with E-state index in [0.717, 1.165) is 95.9 Å². The van der Waals surface area contributed by atoms with Crippen molar-refractivity contribution in [2.45, 2.75) is 86.0 Å². The van der Waals surface area contributed by atoms with Gasteiger partial charge in [-0.3, -0.25) is 10.2 Å². The number of fused-ring (bicyclic) bond motifs is 1. The minimum absolute atomic E-state index is 0.0289. The first-order valence-corrected chi connectivity index (χ1v) is 22.5. The molecule has 7 nitrogen and oxygen atoms in total. The summed E-state index contributed by atoms with van der Waals surface area (Å²) in [7, 11) is 0. The number of nitrogens with zero attached hydrogens (tertiary/aromatic N) is 3. The molecule has 0 aliphatic carbocycles. The Morgan fingerprint density at radius 2 is 1.24 bits per heavy atom. The third-order valence-electron chi connectivity index (χ3n) is 11.9. The van der Waals surface area contributed by atoms with Crippen LogP contribution in [-0.4, -0.2) is 41.3 Å². The molecule has 2 unspecified atom stereocenters. The zero-order valence-corrected chi connectivity index (χ0v) is 37.1. The predicted molar refractivity (Wildman–Crippen MR) is 257 cm³/mol. The molecule has 2 atom stereocenters. The van der Waals surface area contributed by atoms with Crippen LogP contribution in [0.1, 0.15) is 119 Å². The van der Waals surface area contributed by atoms with Gasteiger partial charge in [-0.05, 0) is 72.0 Å². The molecule has 1 amide bonds. The number of unbranched alkanes of at least 4 members (excludes halogenated alkanes) is 1. The summed E-state index contributed by atoms with van der Waals surface area (Å²) in [5.74, 6) is 0.366. The van der Waals surface area contributed by atoms with E-state index >= 15 is 4.79 Å². The van der Waals surface area contributed by atoms with Crippen LogP contribution in [0, 0.1) is 17.2 Å². The van der Waals surface area contributed by atoms with E-state index in [1.165, 1.54) is 6.92 Å². The number of benzene rings is 6. The van der Waals surface area contributed by atoms with E-state index in [1.807, 2.05) is 115 Å². The summed E-state index contributed by atoms with van der Waals surface area (Å²) in [6.07, 6.45) is 8.61. The number of oxime groups is 1. The van der Waals surface area contributed by atoms with Gasteiger partial charge in [-0.1, -0.05) is 181 Å². The van der Waals surface area contributed by atoms with Crippen LogP contribution in [0.3, 0.4) is 0 Å². The van der Waals surface area contributed by atoms with Gasteiger partial charge in [0, 0.05) is 59.0 Å². The van der Waals surface area contributed by atoms with Crippen molar-refractivity contribution in [2.75, 3.05) is 18.0 Å². The fourth-order valence-electron chi connectivity index (χ4n) is 8.34. The van der Waals surface area contributed by atoms with E-state index in [4.69, 9.17) is 10.2 Å². The Morgan fingerprint density at radius 3 is 1.90 bits per heavy atom. The highest BCUT2D eigenvalue weighted by atomic mass is 16.7. The molecular formula is C55H62N4O3. The fourth-order valence-corrected chi connectivity index (χ4v) is 8.34. The summed E-state index contributed by atoms with van der Waals surface area (Å²) in [5, 5.41) is 15.6. The topological polar surface area (TPSA) is 86.1 Å². The standard InChI is InChI=1S/C55H62N4O3/c1-6-10-21-42(9-4)39-58(35-34-41(8-3)20-7-2)55(61)48-36-47(54(57-62-40(5)60)46-25-15-12-16-26-46)37-50(38-48)59(52-29-19-27-43-22-17-18-28-51(43)52)49-32-30-45(31-33-49)53(56)44-23-13-11-14-24-44/h11-19,22-33,36-38,41-42,56H,6-10,20-21,34-35,39H2,1-5H3/b56-53?,57-54-. The zero-order chi connectivity index (χ0) is 43.8. The van der Waals surface area contributed by atoms with Gasteiger partial charge >= 0.3 is 5.97 Å². The maximum absolute atomic E-state index is 15.4. The molecule has 62 heavy (non-hydrogen) atoms. The van der Waals surface area contributed by atoms with Crippen LogP contribution >= 0.6 is 0 Å². The molecule has 0 aromatic heterocycles. The molecule has 0 aliphatic heterocycles. The molecule has 0 radical (unpaired) electrons. The molecule has 7 heteroatoms. The summed E-state index contributed by atoms with van der Waals surface area (Å²) in [6, 6.07) is 48.0. The molecule has 6 rings (SSSR count). The van der Waals surface area contributed by atoms with Crippen molar-refractivity contribution in [1.82, 2.24) is 4.90 Å². The molecule has 0 fully saturated rings. The number of hydrogen-bond acceptors (Lipinski definition) is 6. The largest absolute Gasteiger partial charge is 0.338 e. The monoisotopic (exact) mass is 826 g/mol. The van der Waals surface area contributed by atoms with Crippen LogP contribution in [-0.2, 0) is 9.63 Å². The van der Waals surface area contributed by atoms with E-state index < -0.39 is 5.97 Å². The summed E-state index contributed by atoms with van der Waals surface area (Å²) >= 11 is 0.